The van der Waals surface area contributed by atoms with Crippen LogP contribution < -0.4 is 40.4 Å². The van der Waals surface area contributed by atoms with E-state index in [1.807, 2.05) is 121 Å². The van der Waals surface area contributed by atoms with Crippen LogP contribution in [0.15, 0.2) is 194 Å². The predicted octanol–water partition coefficient (Wildman–Crippen LogP) is 12.5. The summed E-state index contributed by atoms with van der Waals surface area (Å²) in [4.78, 5) is 42.0. The van der Waals surface area contributed by atoms with E-state index in [2.05, 4.69) is 21.3 Å². The molecule has 14 heteroatoms. The van der Waals surface area contributed by atoms with Crippen LogP contribution in [-0.2, 0) is 25.7 Å². The summed E-state index contributed by atoms with van der Waals surface area (Å²) < 4.78 is 14.6. The van der Waals surface area contributed by atoms with E-state index in [0.717, 1.165) is 49.4 Å². The van der Waals surface area contributed by atoms with E-state index in [4.69, 9.17) is 30.0 Å². The number of nitrogens with one attached hydrogen (secondary N) is 4. The van der Waals surface area contributed by atoms with Crippen LogP contribution in [0.2, 0.25) is 0 Å². The van der Waals surface area contributed by atoms with Crippen molar-refractivity contribution in [2.75, 3.05) is 26.2 Å². The fourth-order valence-corrected chi connectivity index (χ4v) is 7.69. The maximum atomic E-state index is 14.1. The van der Waals surface area contributed by atoms with E-state index in [-0.39, 0.29) is 6.03 Å². The highest BCUT2D eigenvalue weighted by molar-refractivity contribution is 6.21. The van der Waals surface area contributed by atoms with Crippen molar-refractivity contribution in [3.8, 4) is 36.0 Å². The van der Waals surface area contributed by atoms with Crippen LogP contribution in [0, 0.1) is 34.6 Å². The van der Waals surface area contributed by atoms with Crippen molar-refractivity contribution in [1.82, 2.24) is 0 Å². The van der Waals surface area contributed by atoms with E-state index in [0.29, 0.717) is 71.4 Å². The maximum absolute atomic E-state index is 14.1. The Bertz CT molecular complexity index is 3140. The molecular weight excluding hydrogens is 905 g/mol. The molecule has 0 aromatic heterocycles. The highest BCUT2D eigenvalue weighted by atomic mass is 16.5. The van der Waals surface area contributed by atoms with Gasteiger partial charge in [0.1, 0.15) is 17.2 Å². The molecule has 0 aliphatic carbocycles. The smallest absolute Gasteiger partial charge is 0.334 e. The van der Waals surface area contributed by atoms with E-state index >= 15 is 0 Å². The van der Waals surface area contributed by atoms with Crippen molar-refractivity contribution < 1.29 is 28.6 Å². The highest BCUT2D eigenvalue weighted by Crippen LogP contribution is 2.25. The Morgan fingerprint density at radius 1 is 0.333 bits per heavy atom. The van der Waals surface area contributed by atoms with Crippen molar-refractivity contribution in [2.24, 2.45) is 0 Å². The fourth-order valence-electron chi connectivity index (χ4n) is 7.69. The zero-order chi connectivity index (χ0) is 50.1. The summed E-state index contributed by atoms with van der Waals surface area (Å²) in [6, 6.07) is 56.9. The minimum Gasteiger partial charge on any atom is -0.388 e. The lowest BCUT2D eigenvalue weighted by molar-refractivity contribution is 0.246. The minimum atomic E-state index is -0.669. The molecule has 0 spiro atoms. The van der Waals surface area contributed by atoms with Gasteiger partial charge in [0.05, 0.1) is 5.69 Å². The van der Waals surface area contributed by atoms with Gasteiger partial charge in [-0.1, -0.05) is 97.1 Å². The summed E-state index contributed by atoms with van der Waals surface area (Å²) in [5.74, 6) is 1.40. The van der Waals surface area contributed by atoms with Crippen LogP contribution >= 0.6 is 0 Å². The Morgan fingerprint density at radius 2 is 0.556 bits per heavy atom. The molecule has 0 heterocycles. The number of amides is 6. The second kappa shape index (κ2) is 23.6. The van der Waals surface area contributed by atoms with Gasteiger partial charge in [-0.15, -0.1) is 15.8 Å². The van der Waals surface area contributed by atoms with Crippen molar-refractivity contribution in [2.45, 2.75) is 25.7 Å². The van der Waals surface area contributed by atoms with Crippen LogP contribution in [0.3, 0.4) is 0 Å². The number of hydrogen-bond donors (Lipinski definition) is 4. The molecule has 8 aromatic carbocycles. The first-order valence-corrected chi connectivity index (χ1v) is 22.6. The number of ether oxygens (including phenoxy) is 3. The molecule has 4 N–H and O–H groups in total. The second-order valence-electron chi connectivity index (χ2n) is 16.4. The monoisotopic (exact) mass is 948 g/mol. The van der Waals surface area contributed by atoms with Gasteiger partial charge in [0, 0.05) is 22.7 Å². The molecule has 8 rings (SSSR count). The van der Waals surface area contributed by atoms with Crippen LogP contribution in [-0.4, -0.2) is 18.1 Å². The molecule has 0 radical (unpaired) electrons. The van der Waals surface area contributed by atoms with Crippen LogP contribution in [0.5, 0.6) is 17.2 Å². The number of nitriles is 3. The standard InChI is InChI=1S/C58H44N8O6/c59-37-70-53-27-11-45(12-28-53)34-41-3-19-49(20-4-41)63-56(67)62-48-17-1-40(2-18-48)33-44-9-25-52(26-10-44)66(57(68)64-50-21-5-42(6-22-50)35-46-13-29-54(30-14-46)71-38-60)58(69)65-51-23-7-43(8-24-51)36-47-15-31-55(32-16-47)72-39-61/h1-32H,33-36H2,(H,64,68)(H,65,69)(H2,62,63,67). The molecule has 0 unspecified atom stereocenters. The quantitative estimate of drug-likeness (QED) is 0.0680. The van der Waals surface area contributed by atoms with Crippen LogP contribution in [0.25, 0.3) is 0 Å². The average molecular weight is 949 g/mol. The molecule has 0 saturated carbocycles. The minimum absolute atomic E-state index is 0.341. The van der Waals surface area contributed by atoms with Gasteiger partial charge in [-0.25, -0.2) is 19.3 Å². The number of rotatable bonds is 16. The number of nitrogens with zero attached hydrogens (tertiary/aromatic N) is 4. The molecule has 72 heavy (non-hydrogen) atoms. The number of carbonyl (C=O) groups is 3. The zero-order valence-electron chi connectivity index (χ0n) is 38.5. The number of hydrogen-bond acceptors (Lipinski definition) is 9. The summed E-state index contributed by atoms with van der Waals surface area (Å²) in [6.45, 7) is 0. The molecule has 0 fully saturated rings. The SMILES string of the molecule is N#COc1ccc(Cc2ccc(NC(=O)Nc3ccc(Cc4ccc(N(C(=O)Nc5ccc(Cc6ccc(OC#N)cc6)cc5)C(=O)Nc5ccc(Cc6ccc(OC#N)cc6)cc5)cc4)cc3)cc2)cc1. The first kappa shape index (κ1) is 48.1. The number of carbonyl (C=O) groups excluding carboxylic acids is 3. The van der Waals surface area contributed by atoms with Gasteiger partial charge in [-0.2, -0.15) is 0 Å². The van der Waals surface area contributed by atoms with Gasteiger partial charge in [-0.3, -0.25) is 0 Å². The molecule has 0 atom stereocenters. The van der Waals surface area contributed by atoms with Crippen molar-refractivity contribution in [3.05, 3.63) is 239 Å². The normalized spacial score (nSPS) is 10.3. The van der Waals surface area contributed by atoms with Gasteiger partial charge < -0.3 is 35.5 Å². The average Bonchev–Trinajstić information content (AvgIpc) is 3.39. The van der Waals surface area contributed by atoms with Gasteiger partial charge in [0.25, 0.3) is 18.8 Å². The number of imide groups is 1. The number of anilines is 5. The molecule has 6 amide bonds. The molecule has 352 valence electrons. The van der Waals surface area contributed by atoms with Crippen molar-refractivity contribution in [1.29, 1.82) is 15.8 Å². The maximum Gasteiger partial charge on any atom is 0.334 e. The molecule has 0 aliphatic rings. The summed E-state index contributed by atoms with van der Waals surface area (Å²) in [7, 11) is 0. The second-order valence-corrected chi connectivity index (χ2v) is 16.4. The number of benzene rings is 8. The van der Waals surface area contributed by atoms with E-state index in [1.54, 1.807) is 91.6 Å². The summed E-state index contributed by atoms with van der Waals surface area (Å²) in [5, 5.41) is 37.7. The third-order valence-corrected chi connectivity index (χ3v) is 11.3. The fraction of sp³-hybridized carbons (Fsp3) is 0.0690. The first-order chi connectivity index (χ1) is 35.2. The molecule has 14 nitrogen and oxygen atoms in total. The van der Waals surface area contributed by atoms with Gasteiger partial charge >= 0.3 is 18.1 Å². The molecule has 8 aromatic rings. The first-order valence-electron chi connectivity index (χ1n) is 22.6. The predicted molar refractivity (Wildman–Crippen MR) is 275 cm³/mol. The number of urea groups is 3. The van der Waals surface area contributed by atoms with Crippen LogP contribution in [0.1, 0.15) is 44.5 Å². The van der Waals surface area contributed by atoms with Crippen molar-refractivity contribution >= 4 is 46.5 Å². The summed E-state index contributed by atoms with van der Waals surface area (Å²) in [5.41, 5.74) is 10.6. The lowest BCUT2D eigenvalue weighted by Crippen LogP contribution is -2.42. The Labute approximate surface area is 415 Å². The van der Waals surface area contributed by atoms with E-state index in [1.165, 1.54) is 0 Å². The Kier molecular flexibility index (Phi) is 15.8. The topological polar surface area (TPSA) is 202 Å². The van der Waals surface area contributed by atoms with E-state index in [9.17, 15) is 14.4 Å². The third-order valence-electron chi connectivity index (χ3n) is 11.3. The van der Waals surface area contributed by atoms with Gasteiger partial charge in [0.2, 0.25) is 0 Å². The molecule has 0 bridgehead atoms. The van der Waals surface area contributed by atoms with Gasteiger partial charge in [-0.05, 0) is 167 Å². The third kappa shape index (κ3) is 13.6. The highest BCUT2D eigenvalue weighted by Gasteiger charge is 2.24. The van der Waals surface area contributed by atoms with Crippen LogP contribution in [0.4, 0.5) is 42.8 Å². The molecule has 0 saturated heterocycles. The lowest BCUT2D eigenvalue weighted by atomic mass is 10.0. The molecular formula is C58H44N8O6. The zero-order valence-corrected chi connectivity index (χ0v) is 38.5. The lowest BCUT2D eigenvalue weighted by Gasteiger charge is -2.22. The van der Waals surface area contributed by atoms with Crippen molar-refractivity contribution in [3.63, 3.8) is 0 Å². The Balaban J connectivity index is 0.895. The molecule has 0 aliphatic heterocycles. The Morgan fingerprint density at radius 3 is 0.806 bits per heavy atom. The summed E-state index contributed by atoms with van der Waals surface area (Å²) in [6.07, 6.45) is 7.44. The van der Waals surface area contributed by atoms with E-state index < -0.39 is 12.1 Å². The summed E-state index contributed by atoms with van der Waals surface area (Å²) >= 11 is 0. The largest absolute Gasteiger partial charge is 0.388 e. The Hall–Kier alpha value is -10.4. The van der Waals surface area contributed by atoms with Gasteiger partial charge in [0.15, 0.2) is 0 Å².